The molecule has 0 unspecified atom stereocenters. The molecule has 2 atom stereocenters. The number of ether oxygens (including phenoxy) is 1. The van der Waals surface area contributed by atoms with Gasteiger partial charge in [0.25, 0.3) is 0 Å². The number of hydrogen-bond acceptors (Lipinski definition) is 2. The molecule has 0 saturated heterocycles. The highest BCUT2D eigenvalue weighted by Gasteiger charge is 2.47. The SMILES string of the molecule is O=C(OCc1ccccc1)N1c2ccccc2[C@@H]2C3=CC=CC3=C[C@@H]21. The van der Waals surface area contributed by atoms with Crippen LogP contribution in [0.25, 0.3) is 0 Å². The van der Waals surface area contributed by atoms with E-state index in [2.05, 4.69) is 30.4 Å². The van der Waals surface area contributed by atoms with Crippen LogP contribution < -0.4 is 4.90 Å². The molecule has 3 heteroatoms. The topological polar surface area (TPSA) is 29.5 Å². The average Bonchev–Trinajstić information content (AvgIpc) is 3.30. The van der Waals surface area contributed by atoms with E-state index in [1.54, 1.807) is 0 Å². The lowest BCUT2D eigenvalue weighted by molar-refractivity contribution is 0.146. The van der Waals surface area contributed by atoms with Crippen molar-refractivity contribution in [2.24, 2.45) is 0 Å². The molecular formula is C22H17NO2. The van der Waals surface area contributed by atoms with Gasteiger partial charge in [0.2, 0.25) is 0 Å². The zero-order valence-electron chi connectivity index (χ0n) is 13.6. The molecule has 2 aliphatic carbocycles. The highest BCUT2D eigenvalue weighted by atomic mass is 16.6. The van der Waals surface area contributed by atoms with Crippen molar-refractivity contribution in [3.8, 4) is 0 Å². The molecule has 1 heterocycles. The maximum Gasteiger partial charge on any atom is 0.415 e. The molecular weight excluding hydrogens is 310 g/mol. The molecule has 25 heavy (non-hydrogen) atoms. The summed E-state index contributed by atoms with van der Waals surface area (Å²) in [6, 6.07) is 17.9. The van der Waals surface area contributed by atoms with Gasteiger partial charge in [0.15, 0.2) is 0 Å². The standard InChI is InChI=1S/C22H17NO2/c24-22(25-14-15-7-2-1-3-8-15)23-19-12-5-4-10-18(19)21-17-11-6-9-16(17)13-20(21)23/h1-13,20-21H,14H2/t20-,21-/m0/s1. The van der Waals surface area contributed by atoms with E-state index in [0.717, 1.165) is 11.3 Å². The van der Waals surface area contributed by atoms with Gasteiger partial charge in [-0.25, -0.2) is 4.79 Å². The maximum atomic E-state index is 12.9. The molecule has 3 nitrogen and oxygen atoms in total. The van der Waals surface area contributed by atoms with E-state index in [0.29, 0.717) is 0 Å². The Kier molecular flexibility index (Phi) is 3.14. The number of benzene rings is 2. The minimum Gasteiger partial charge on any atom is -0.444 e. The number of fused-ring (bicyclic) bond motifs is 5. The summed E-state index contributed by atoms with van der Waals surface area (Å²) in [5, 5.41) is 0. The van der Waals surface area contributed by atoms with Crippen LogP contribution >= 0.6 is 0 Å². The van der Waals surface area contributed by atoms with E-state index in [9.17, 15) is 4.79 Å². The fraction of sp³-hybridized carbons (Fsp3) is 0.136. The largest absolute Gasteiger partial charge is 0.444 e. The fourth-order valence-electron chi connectivity index (χ4n) is 4.06. The van der Waals surface area contributed by atoms with Gasteiger partial charge in [0.05, 0.1) is 11.7 Å². The van der Waals surface area contributed by atoms with Crippen LogP contribution in [-0.2, 0) is 11.3 Å². The first kappa shape index (κ1) is 14.3. The summed E-state index contributed by atoms with van der Waals surface area (Å²) in [7, 11) is 0. The number of rotatable bonds is 2. The number of hydrogen-bond donors (Lipinski definition) is 0. The van der Waals surface area contributed by atoms with Gasteiger partial charge in [-0.1, -0.05) is 72.8 Å². The molecule has 0 spiro atoms. The average molecular weight is 327 g/mol. The van der Waals surface area contributed by atoms with Crippen LogP contribution in [0.15, 0.2) is 90.0 Å². The fourth-order valence-corrected chi connectivity index (χ4v) is 4.06. The molecule has 0 saturated carbocycles. The van der Waals surface area contributed by atoms with Crippen LogP contribution in [0, 0.1) is 0 Å². The van der Waals surface area contributed by atoms with Crippen molar-refractivity contribution in [2.45, 2.75) is 18.6 Å². The second-order valence-electron chi connectivity index (χ2n) is 6.54. The van der Waals surface area contributed by atoms with Gasteiger partial charge in [-0.15, -0.1) is 0 Å². The molecule has 0 aromatic heterocycles. The lowest BCUT2D eigenvalue weighted by Gasteiger charge is -2.23. The number of carbonyl (C=O) groups excluding carboxylic acids is 1. The van der Waals surface area contributed by atoms with Crippen molar-refractivity contribution in [1.29, 1.82) is 0 Å². The van der Waals surface area contributed by atoms with Crippen LogP contribution in [0.5, 0.6) is 0 Å². The van der Waals surface area contributed by atoms with Crippen molar-refractivity contribution in [3.05, 3.63) is 101 Å². The van der Waals surface area contributed by atoms with E-state index in [4.69, 9.17) is 4.74 Å². The second-order valence-corrected chi connectivity index (χ2v) is 6.54. The predicted octanol–water partition coefficient (Wildman–Crippen LogP) is 4.73. The first-order valence-corrected chi connectivity index (χ1v) is 8.52. The molecule has 1 amide bonds. The minimum atomic E-state index is -0.287. The van der Waals surface area contributed by atoms with Crippen LogP contribution in [0.2, 0.25) is 0 Å². The lowest BCUT2D eigenvalue weighted by atomic mass is 9.92. The van der Waals surface area contributed by atoms with Gasteiger partial charge >= 0.3 is 6.09 Å². The Morgan fingerprint density at radius 1 is 1.04 bits per heavy atom. The van der Waals surface area contributed by atoms with E-state index in [1.165, 1.54) is 16.7 Å². The van der Waals surface area contributed by atoms with Gasteiger partial charge in [-0.3, -0.25) is 4.90 Å². The maximum absolute atomic E-state index is 12.9. The first-order valence-electron chi connectivity index (χ1n) is 8.52. The number of nitrogens with zero attached hydrogens (tertiary/aromatic N) is 1. The number of amides is 1. The zero-order valence-corrected chi connectivity index (χ0v) is 13.6. The Bertz CT molecular complexity index is 940. The van der Waals surface area contributed by atoms with E-state index in [-0.39, 0.29) is 24.7 Å². The quantitative estimate of drug-likeness (QED) is 0.798. The van der Waals surface area contributed by atoms with Crippen LogP contribution in [-0.4, -0.2) is 12.1 Å². The van der Waals surface area contributed by atoms with Crippen LogP contribution in [0.4, 0.5) is 10.5 Å². The first-order chi connectivity index (χ1) is 12.3. The Labute approximate surface area is 146 Å². The van der Waals surface area contributed by atoms with Crippen LogP contribution in [0.3, 0.4) is 0 Å². The summed E-state index contributed by atoms with van der Waals surface area (Å²) in [4.78, 5) is 14.7. The molecule has 122 valence electrons. The Morgan fingerprint density at radius 3 is 2.72 bits per heavy atom. The molecule has 0 radical (unpaired) electrons. The summed E-state index contributed by atoms with van der Waals surface area (Å²) >= 11 is 0. The summed E-state index contributed by atoms with van der Waals surface area (Å²) < 4.78 is 5.62. The Hall–Kier alpha value is -3.07. The lowest BCUT2D eigenvalue weighted by Crippen LogP contribution is -2.37. The monoisotopic (exact) mass is 327 g/mol. The normalized spacial score (nSPS) is 22.2. The second kappa shape index (κ2) is 5.49. The summed E-state index contributed by atoms with van der Waals surface area (Å²) in [5.41, 5.74) is 5.68. The predicted molar refractivity (Wildman–Crippen MR) is 97.4 cm³/mol. The van der Waals surface area contributed by atoms with Gasteiger partial charge in [0, 0.05) is 5.92 Å². The third-order valence-electron chi connectivity index (χ3n) is 5.14. The van der Waals surface area contributed by atoms with E-state index >= 15 is 0 Å². The minimum absolute atomic E-state index is 0.00636. The van der Waals surface area contributed by atoms with Crippen molar-refractivity contribution >= 4 is 11.8 Å². The molecule has 5 rings (SSSR count). The zero-order chi connectivity index (χ0) is 16.8. The number of carbonyl (C=O) groups is 1. The molecule has 0 N–H and O–H groups in total. The molecule has 2 aromatic carbocycles. The van der Waals surface area contributed by atoms with Gasteiger partial charge in [0.1, 0.15) is 6.61 Å². The summed E-state index contributed by atoms with van der Waals surface area (Å²) in [6.45, 7) is 0.287. The van der Waals surface area contributed by atoms with Gasteiger partial charge in [-0.05, 0) is 28.3 Å². The molecule has 1 aliphatic heterocycles. The highest BCUT2D eigenvalue weighted by Crippen LogP contribution is 2.52. The van der Waals surface area contributed by atoms with Crippen molar-refractivity contribution in [3.63, 3.8) is 0 Å². The number of para-hydroxylation sites is 1. The van der Waals surface area contributed by atoms with E-state index in [1.807, 2.05) is 53.4 Å². The highest BCUT2D eigenvalue weighted by molar-refractivity contribution is 5.94. The van der Waals surface area contributed by atoms with Crippen molar-refractivity contribution in [1.82, 2.24) is 0 Å². The molecule has 3 aliphatic rings. The van der Waals surface area contributed by atoms with Gasteiger partial charge in [-0.2, -0.15) is 0 Å². The van der Waals surface area contributed by atoms with Crippen LogP contribution in [0.1, 0.15) is 17.0 Å². The van der Waals surface area contributed by atoms with Crippen molar-refractivity contribution < 1.29 is 9.53 Å². The third kappa shape index (κ3) is 2.16. The Morgan fingerprint density at radius 2 is 1.84 bits per heavy atom. The summed E-state index contributed by atoms with van der Waals surface area (Å²) in [6.07, 6.45) is 8.25. The third-order valence-corrected chi connectivity index (χ3v) is 5.14. The molecule has 2 aromatic rings. The molecule has 0 bridgehead atoms. The number of allylic oxidation sites excluding steroid dienone is 4. The van der Waals surface area contributed by atoms with Gasteiger partial charge < -0.3 is 4.74 Å². The summed E-state index contributed by atoms with van der Waals surface area (Å²) in [5.74, 6) is 0.213. The smallest absolute Gasteiger partial charge is 0.415 e. The molecule has 0 fully saturated rings. The van der Waals surface area contributed by atoms with Crippen molar-refractivity contribution in [2.75, 3.05) is 4.90 Å². The van der Waals surface area contributed by atoms with E-state index < -0.39 is 0 Å². The Balaban J connectivity index is 1.46. The number of anilines is 1.